The molecule has 2 aliphatic rings. The van der Waals surface area contributed by atoms with E-state index < -0.39 is 12.1 Å². The third kappa shape index (κ3) is 2.82. The predicted octanol–water partition coefficient (Wildman–Crippen LogP) is -1.11. The molecule has 0 spiro atoms. The van der Waals surface area contributed by atoms with Gasteiger partial charge in [-0.25, -0.2) is 0 Å². The fourth-order valence-electron chi connectivity index (χ4n) is 3.04. The number of aromatic nitrogens is 1. The van der Waals surface area contributed by atoms with Gasteiger partial charge in [0.05, 0.1) is 12.3 Å². The fourth-order valence-corrected chi connectivity index (χ4v) is 3.04. The minimum Gasteiger partial charge on any atom is -0.394 e. The van der Waals surface area contributed by atoms with Crippen LogP contribution in [-0.4, -0.2) is 70.0 Å². The lowest BCUT2D eigenvalue weighted by Crippen LogP contribution is -2.69. The Labute approximate surface area is 128 Å². The van der Waals surface area contributed by atoms with Gasteiger partial charge in [-0.15, -0.1) is 0 Å². The summed E-state index contributed by atoms with van der Waals surface area (Å²) in [6.07, 6.45) is 0. The van der Waals surface area contributed by atoms with E-state index in [9.17, 15) is 9.59 Å². The van der Waals surface area contributed by atoms with Gasteiger partial charge in [0.25, 0.3) is 0 Å². The van der Waals surface area contributed by atoms with E-state index in [2.05, 4.69) is 15.2 Å². The molecule has 0 unspecified atom stereocenters. The standard InChI is InChI=1S/C15H20N4O3/c1-10-3-2-4-11(16-10)7-18-5-6-19-13(8-18)14(21)17-12(9-20)15(19)22/h2-4,12-13,20H,5-9H2,1H3,(H,17,21)/t12-,13-/m1/s1. The van der Waals surface area contributed by atoms with Gasteiger partial charge in [-0.1, -0.05) is 6.07 Å². The van der Waals surface area contributed by atoms with Crippen LogP contribution in [0.15, 0.2) is 18.2 Å². The van der Waals surface area contributed by atoms with E-state index in [0.717, 1.165) is 11.4 Å². The molecule has 118 valence electrons. The van der Waals surface area contributed by atoms with Crippen LogP contribution in [0.5, 0.6) is 0 Å². The Morgan fingerprint density at radius 2 is 2.18 bits per heavy atom. The van der Waals surface area contributed by atoms with E-state index in [-0.39, 0.29) is 18.4 Å². The molecule has 0 aliphatic carbocycles. The maximum absolute atomic E-state index is 12.2. The molecule has 2 amide bonds. The molecule has 0 aromatic carbocycles. The van der Waals surface area contributed by atoms with Crippen LogP contribution in [0, 0.1) is 6.92 Å². The van der Waals surface area contributed by atoms with Crippen LogP contribution in [0.2, 0.25) is 0 Å². The number of nitrogens with zero attached hydrogens (tertiary/aromatic N) is 3. The highest BCUT2D eigenvalue weighted by molar-refractivity contribution is 5.97. The highest BCUT2D eigenvalue weighted by Crippen LogP contribution is 2.17. The van der Waals surface area contributed by atoms with Crippen LogP contribution < -0.4 is 5.32 Å². The number of pyridine rings is 1. The highest BCUT2D eigenvalue weighted by Gasteiger charge is 2.43. The van der Waals surface area contributed by atoms with Gasteiger partial charge in [-0.05, 0) is 19.1 Å². The van der Waals surface area contributed by atoms with Gasteiger partial charge in [0.2, 0.25) is 11.8 Å². The van der Waals surface area contributed by atoms with E-state index >= 15 is 0 Å². The molecule has 1 aromatic rings. The van der Waals surface area contributed by atoms with Crippen LogP contribution in [0.25, 0.3) is 0 Å². The van der Waals surface area contributed by atoms with Crippen LogP contribution in [-0.2, 0) is 16.1 Å². The Balaban J connectivity index is 1.68. The molecule has 22 heavy (non-hydrogen) atoms. The molecule has 2 atom stereocenters. The van der Waals surface area contributed by atoms with Crippen molar-refractivity contribution in [1.29, 1.82) is 0 Å². The Morgan fingerprint density at radius 1 is 1.36 bits per heavy atom. The van der Waals surface area contributed by atoms with Gasteiger partial charge in [-0.3, -0.25) is 19.5 Å². The number of hydrogen-bond acceptors (Lipinski definition) is 5. The summed E-state index contributed by atoms with van der Waals surface area (Å²) < 4.78 is 0. The van der Waals surface area contributed by atoms with Crippen molar-refractivity contribution >= 4 is 11.8 Å². The smallest absolute Gasteiger partial charge is 0.248 e. The lowest BCUT2D eigenvalue weighted by Gasteiger charge is -2.44. The topological polar surface area (TPSA) is 85.8 Å². The van der Waals surface area contributed by atoms with Gasteiger partial charge < -0.3 is 15.3 Å². The number of aliphatic hydroxyl groups is 1. The molecule has 1 aromatic heterocycles. The van der Waals surface area contributed by atoms with Crippen molar-refractivity contribution in [2.24, 2.45) is 0 Å². The van der Waals surface area contributed by atoms with Crippen molar-refractivity contribution in [3.8, 4) is 0 Å². The third-order valence-corrected chi connectivity index (χ3v) is 4.18. The molecule has 3 rings (SSSR count). The molecule has 2 saturated heterocycles. The van der Waals surface area contributed by atoms with Gasteiger partial charge in [0.15, 0.2) is 0 Å². The molecule has 7 heteroatoms. The Kier molecular flexibility index (Phi) is 4.08. The second-order valence-electron chi connectivity index (χ2n) is 5.80. The predicted molar refractivity (Wildman–Crippen MR) is 78.8 cm³/mol. The Bertz CT molecular complexity index is 592. The zero-order valence-corrected chi connectivity index (χ0v) is 12.5. The SMILES string of the molecule is Cc1cccc(CN2CCN3C(=O)[C@@H](CO)NC(=O)[C@H]3C2)n1. The first-order valence-electron chi connectivity index (χ1n) is 7.45. The number of piperazine rings is 2. The minimum atomic E-state index is -0.797. The van der Waals surface area contributed by atoms with Crippen molar-refractivity contribution in [3.05, 3.63) is 29.6 Å². The summed E-state index contributed by atoms with van der Waals surface area (Å²) in [5.41, 5.74) is 1.93. The highest BCUT2D eigenvalue weighted by atomic mass is 16.3. The lowest BCUT2D eigenvalue weighted by atomic mass is 10.0. The molecule has 0 saturated carbocycles. The second kappa shape index (κ2) is 6.02. The number of nitrogens with one attached hydrogen (secondary N) is 1. The molecule has 0 radical (unpaired) electrons. The van der Waals surface area contributed by atoms with Gasteiger partial charge in [0.1, 0.15) is 12.1 Å². The first-order valence-corrected chi connectivity index (χ1v) is 7.45. The largest absolute Gasteiger partial charge is 0.394 e. The minimum absolute atomic E-state index is 0.194. The average molecular weight is 304 g/mol. The number of fused-ring (bicyclic) bond motifs is 1. The fraction of sp³-hybridized carbons (Fsp3) is 0.533. The summed E-state index contributed by atoms with van der Waals surface area (Å²) in [7, 11) is 0. The van der Waals surface area contributed by atoms with Crippen molar-refractivity contribution in [2.75, 3.05) is 26.2 Å². The number of rotatable bonds is 3. The van der Waals surface area contributed by atoms with Crippen LogP contribution in [0.4, 0.5) is 0 Å². The molecule has 2 N–H and O–H groups in total. The van der Waals surface area contributed by atoms with Crippen molar-refractivity contribution in [2.45, 2.75) is 25.6 Å². The van der Waals surface area contributed by atoms with E-state index in [0.29, 0.717) is 26.2 Å². The van der Waals surface area contributed by atoms with Gasteiger partial charge >= 0.3 is 0 Å². The quantitative estimate of drug-likeness (QED) is 0.740. The normalized spacial score (nSPS) is 25.8. The molecular formula is C15H20N4O3. The number of aliphatic hydroxyl groups excluding tert-OH is 1. The lowest BCUT2D eigenvalue weighted by molar-refractivity contribution is -0.154. The van der Waals surface area contributed by atoms with Crippen molar-refractivity contribution < 1.29 is 14.7 Å². The molecule has 0 bridgehead atoms. The summed E-state index contributed by atoms with van der Waals surface area (Å²) >= 11 is 0. The first kappa shape index (κ1) is 14.9. The summed E-state index contributed by atoms with van der Waals surface area (Å²) in [6.45, 7) is 3.94. The van der Waals surface area contributed by atoms with Crippen LogP contribution >= 0.6 is 0 Å². The maximum Gasteiger partial charge on any atom is 0.248 e. The summed E-state index contributed by atoms with van der Waals surface area (Å²) in [5.74, 6) is -0.388. The molecule has 3 heterocycles. The second-order valence-corrected chi connectivity index (χ2v) is 5.80. The average Bonchev–Trinajstić information content (AvgIpc) is 2.51. The van der Waals surface area contributed by atoms with E-state index in [1.807, 2.05) is 25.1 Å². The molecular weight excluding hydrogens is 284 g/mol. The summed E-state index contributed by atoms with van der Waals surface area (Å²) in [5, 5.41) is 11.7. The summed E-state index contributed by atoms with van der Waals surface area (Å²) in [4.78, 5) is 32.5. The van der Waals surface area contributed by atoms with E-state index in [1.54, 1.807) is 4.90 Å². The monoisotopic (exact) mass is 304 g/mol. The number of amides is 2. The zero-order chi connectivity index (χ0) is 15.7. The number of carbonyl (C=O) groups is 2. The Hall–Kier alpha value is -1.99. The van der Waals surface area contributed by atoms with Crippen molar-refractivity contribution in [1.82, 2.24) is 20.1 Å². The van der Waals surface area contributed by atoms with E-state index in [1.165, 1.54) is 0 Å². The molecule has 2 fully saturated rings. The zero-order valence-electron chi connectivity index (χ0n) is 12.5. The molecule has 7 nitrogen and oxygen atoms in total. The third-order valence-electron chi connectivity index (χ3n) is 4.18. The number of hydrogen-bond donors (Lipinski definition) is 2. The van der Waals surface area contributed by atoms with Gasteiger partial charge in [0, 0.05) is 31.9 Å². The van der Waals surface area contributed by atoms with Crippen LogP contribution in [0.3, 0.4) is 0 Å². The Morgan fingerprint density at radius 3 is 2.91 bits per heavy atom. The number of carbonyl (C=O) groups excluding carboxylic acids is 2. The summed E-state index contributed by atoms with van der Waals surface area (Å²) in [6, 6.07) is 4.61. The van der Waals surface area contributed by atoms with Crippen LogP contribution in [0.1, 0.15) is 11.4 Å². The molecule has 2 aliphatic heterocycles. The van der Waals surface area contributed by atoms with Crippen molar-refractivity contribution in [3.63, 3.8) is 0 Å². The van der Waals surface area contributed by atoms with E-state index in [4.69, 9.17) is 5.11 Å². The van der Waals surface area contributed by atoms with Gasteiger partial charge in [-0.2, -0.15) is 0 Å². The maximum atomic E-state index is 12.2. The first-order chi connectivity index (χ1) is 10.6. The number of aryl methyl sites for hydroxylation is 1.